The van der Waals surface area contributed by atoms with Crippen LogP contribution in [0, 0.1) is 0 Å². The van der Waals surface area contributed by atoms with Crippen molar-refractivity contribution in [1.29, 1.82) is 0 Å². The molecule has 1 amide bonds. The van der Waals surface area contributed by atoms with Crippen molar-refractivity contribution in [2.24, 2.45) is 0 Å². The number of nitrogens with zero attached hydrogens (tertiary/aromatic N) is 1. The van der Waals surface area contributed by atoms with Gasteiger partial charge in [0.05, 0.1) is 6.54 Å². The van der Waals surface area contributed by atoms with E-state index in [0.29, 0.717) is 27.3 Å². The van der Waals surface area contributed by atoms with Gasteiger partial charge in [-0.05, 0) is 42.5 Å². The lowest BCUT2D eigenvalue weighted by atomic mass is 10.2. The number of thiazole rings is 1. The third kappa shape index (κ3) is 4.47. The zero-order valence-corrected chi connectivity index (χ0v) is 14.8. The Kier molecular flexibility index (Phi) is 5.35. The molecule has 0 bridgehead atoms. The van der Waals surface area contributed by atoms with Gasteiger partial charge in [-0.15, -0.1) is 11.3 Å². The zero-order valence-electron chi connectivity index (χ0n) is 12.4. The molecule has 0 spiro atoms. The van der Waals surface area contributed by atoms with Crippen molar-refractivity contribution in [2.45, 2.75) is 6.54 Å². The van der Waals surface area contributed by atoms with Crippen LogP contribution in [0.15, 0.2) is 54.7 Å². The standard InChI is InChI=1S/C17H13Cl2N3OS/c18-12-3-1-2-11(8-12)16(23)22-14-6-4-13(5-7-14)20-9-15-10-21-17(19)24-15/h1-8,10,20H,9H2,(H,22,23). The van der Waals surface area contributed by atoms with Crippen LogP contribution in [0.5, 0.6) is 0 Å². The second kappa shape index (κ2) is 7.66. The van der Waals surface area contributed by atoms with Crippen molar-refractivity contribution in [3.63, 3.8) is 0 Å². The van der Waals surface area contributed by atoms with E-state index in [4.69, 9.17) is 23.2 Å². The minimum atomic E-state index is -0.197. The molecule has 122 valence electrons. The molecule has 0 unspecified atom stereocenters. The first kappa shape index (κ1) is 16.8. The SMILES string of the molecule is O=C(Nc1ccc(NCc2cnc(Cl)s2)cc1)c1cccc(Cl)c1. The Morgan fingerprint density at radius 1 is 1.08 bits per heavy atom. The van der Waals surface area contributed by atoms with E-state index < -0.39 is 0 Å². The van der Waals surface area contributed by atoms with Crippen molar-refractivity contribution < 1.29 is 4.79 Å². The van der Waals surface area contributed by atoms with E-state index >= 15 is 0 Å². The summed E-state index contributed by atoms with van der Waals surface area (Å²) in [6.45, 7) is 0.651. The molecular weight excluding hydrogens is 365 g/mol. The number of halogens is 2. The van der Waals surface area contributed by atoms with Crippen LogP contribution in [0.1, 0.15) is 15.2 Å². The zero-order chi connectivity index (χ0) is 16.9. The number of nitrogens with one attached hydrogen (secondary N) is 2. The highest BCUT2D eigenvalue weighted by molar-refractivity contribution is 7.15. The highest BCUT2D eigenvalue weighted by atomic mass is 35.5. The van der Waals surface area contributed by atoms with Gasteiger partial charge in [0, 0.05) is 33.0 Å². The molecule has 0 radical (unpaired) electrons. The van der Waals surface area contributed by atoms with E-state index in [1.807, 2.05) is 24.3 Å². The molecule has 2 aromatic carbocycles. The lowest BCUT2D eigenvalue weighted by molar-refractivity contribution is 0.102. The number of hydrogen-bond acceptors (Lipinski definition) is 4. The summed E-state index contributed by atoms with van der Waals surface area (Å²) >= 11 is 13.1. The first-order valence-electron chi connectivity index (χ1n) is 7.11. The fourth-order valence-corrected chi connectivity index (χ4v) is 3.17. The van der Waals surface area contributed by atoms with Crippen LogP contribution in [-0.4, -0.2) is 10.9 Å². The normalized spacial score (nSPS) is 10.4. The summed E-state index contributed by atoms with van der Waals surface area (Å²) in [5, 5.41) is 6.65. The predicted octanol–water partition coefficient (Wildman–Crippen LogP) is 5.31. The fourth-order valence-electron chi connectivity index (χ4n) is 2.06. The molecule has 1 aromatic heterocycles. The monoisotopic (exact) mass is 377 g/mol. The van der Waals surface area contributed by atoms with Crippen molar-refractivity contribution >= 4 is 51.8 Å². The van der Waals surface area contributed by atoms with Crippen LogP contribution in [0.3, 0.4) is 0 Å². The summed E-state index contributed by atoms with van der Waals surface area (Å²) in [6, 6.07) is 14.3. The average molecular weight is 378 g/mol. The van der Waals surface area contributed by atoms with Crippen molar-refractivity contribution in [2.75, 3.05) is 10.6 Å². The maximum Gasteiger partial charge on any atom is 0.255 e. The maximum absolute atomic E-state index is 12.2. The Labute approximate surface area is 153 Å². The van der Waals surface area contributed by atoms with E-state index in [0.717, 1.165) is 10.6 Å². The van der Waals surface area contributed by atoms with Gasteiger partial charge in [0.1, 0.15) is 0 Å². The summed E-state index contributed by atoms with van der Waals surface area (Å²) in [5.41, 5.74) is 2.18. The van der Waals surface area contributed by atoms with E-state index in [-0.39, 0.29) is 5.91 Å². The predicted molar refractivity (Wildman–Crippen MR) is 100 cm³/mol. The summed E-state index contributed by atoms with van der Waals surface area (Å²) in [5.74, 6) is -0.197. The third-order valence-electron chi connectivity index (χ3n) is 3.22. The molecule has 0 atom stereocenters. The molecule has 3 rings (SSSR count). The summed E-state index contributed by atoms with van der Waals surface area (Å²) in [7, 11) is 0. The van der Waals surface area contributed by atoms with Gasteiger partial charge in [0.2, 0.25) is 0 Å². The van der Waals surface area contributed by atoms with Gasteiger partial charge in [0.15, 0.2) is 4.47 Å². The van der Waals surface area contributed by atoms with Crippen molar-refractivity contribution in [3.05, 3.63) is 74.7 Å². The summed E-state index contributed by atoms with van der Waals surface area (Å²) in [6.07, 6.45) is 1.75. The van der Waals surface area contributed by atoms with Crippen molar-refractivity contribution in [1.82, 2.24) is 4.98 Å². The average Bonchev–Trinajstić information content (AvgIpc) is 3.00. The van der Waals surface area contributed by atoms with Crippen LogP contribution in [0.4, 0.5) is 11.4 Å². The van der Waals surface area contributed by atoms with Crippen LogP contribution in [-0.2, 0) is 6.54 Å². The number of benzene rings is 2. The summed E-state index contributed by atoms with van der Waals surface area (Å²) < 4.78 is 0.533. The van der Waals surface area contributed by atoms with Gasteiger partial charge in [-0.25, -0.2) is 4.98 Å². The van der Waals surface area contributed by atoms with Crippen LogP contribution < -0.4 is 10.6 Å². The second-order valence-corrected chi connectivity index (χ2v) is 7.11. The molecule has 3 aromatic rings. The van der Waals surface area contributed by atoms with Gasteiger partial charge >= 0.3 is 0 Å². The van der Waals surface area contributed by atoms with E-state index in [1.54, 1.807) is 30.5 Å². The number of aromatic nitrogens is 1. The summed E-state index contributed by atoms with van der Waals surface area (Å²) in [4.78, 5) is 17.2. The smallest absolute Gasteiger partial charge is 0.255 e. The number of rotatable bonds is 5. The Morgan fingerprint density at radius 2 is 1.83 bits per heavy atom. The van der Waals surface area contributed by atoms with Crippen LogP contribution in [0.25, 0.3) is 0 Å². The molecule has 0 fully saturated rings. The highest BCUT2D eigenvalue weighted by Crippen LogP contribution is 2.20. The number of amides is 1. The van der Waals surface area contributed by atoms with Gasteiger partial charge in [-0.2, -0.15) is 0 Å². The molecule has 2 N–H and O–H groups in total. The maximum atomic E-state index is 12.2. The van der Waals surface area contributed by atoms with Crippen LogP contribution in [0.2, 0.25) is 9.49 Å². The van der Waals surface area contributed by atoms with Crippen LogP contribution >= 0.6 is 34.5 Å². The number of carbonyl (C=O) groups is 1. The van der Waals surface area contributed by atoms with E-state index in [1.165, 1.54) is 11.3 Å². The van der Waals surface area contributed by atoms with Gasteiger partial charge in [-0.1, -0.05) is 29.3 Å². The topological polar surface area (TPSA) is 54.0 Å². The van der Waals surface area contributed by atoms with E-state index in [9.17, 15) is 4.79 Å². The fraction of sp³-hybridized carbons (Fsp3) is 0.0588. The largest absolute Gasteiger partial charge is 0.380 e. The lowest BCUT2D eigenvalue weighted by Crippen LogP contribution is -2.11. The molecule has 0 aliphatic rings. The van der Waals surface area contributed by atoms with Gasteiger partial charge in [-0.3, -0.25) is 4.79 Å². The Balaban J connectivity index is 1.59. The second-order valence-electron chi connectivity index (χ2n) is 4.97. The Morgan fingerprint density at radius 3 is 2.50 bits per heavy atom. The number of anilines is 2. The molecule has 24 heavy (non-hydrogen) atoms. The van der Waals surface area contributed by atoms with Gasteiger partial charge in [0.25, 0.3) is 5.91 Å². The lowest BCUT2D eigenvalue weighted by Gasteiger charge is -2.08. The molecule has 0 aliphatic carbocycles. The minimum Gasteiger partial charge on any atom is -0.380 e. The third-order valence-corrected chi connectivity index (χ3v) is 4.57. The molecular formula is C17H13Cl2N3OS. The Hall–Kier alpha value is -2.08. The Bertz CT molecular complexity index is 849. The number of carbonyl (C=O) groups excluding carboxylic acids is 1. The molecule has 0 saturated carbocycles. The first-order valence-corrected chi connectivity index (χ1v) is 8.68. The molecule has 7 heteroatoms. The highest BCUT2D eigenvalue weighted by Gasteiger charge is 2.06. The van der Waals surface area contributed by atoms with Gasteiger partial charge < -0.3 is 10.6 Å². The molecule has 0 saturated heterocycles. The molecule has 0 aliphatic heterocycles. The number of hydrogen-bond donors (Lipinski definition) is 2. The van der Waals surface area contributed by atoms with E-state index in [2.05, 4.69) is 15.6 Å². The minimum absolute atomic E-state index is 0.197. The quantitative estimate of drug-likeness (QED) is 0.632. The van der Waals surface area contributed by atoms with Crippen molar-refractivity contribution in [3.8, 4) is 0 Å². The molecule has 1 heterocycles. The first-order chi connectivity index (χ1) is 11.6. The molecule has 4 nitrogen and oxygen atoms in total.